The zero-order valence-electron chi connectivity index (χ0n) is 8.58. The largest absolute Gasteiger partial charge is 0.387 e. The maximum Gasteiger partial charge on any atom is 0.111 e. The van der Waals surface area contributed by atoms with Crippen molar-refractivity contribution in [1.29, 1.82) is 0 Å². The van der Waals surface area contributed by atoms with Crippen molar-refractivity contribution in [2.75, 3.05) is 0 Å². The normalized spacial score (nSPS) is 13.0. The number of aromatic nitrogens is 4. The molecule has 1 N–H and O–H groups in total. The number of hydrogen-bond donors (Lipinski definition) is 1. The minimum Gasteiger partial charge on any atom is -0.387 e. The lowest BCUT2D eigenvalue weighted by atomic mass is 10.3. The second-order valence-electron chi connectivity index (χ2n) is 3.37. The monoisotopic (exact) mass is 224 g/mol. The van der Waals surface area contributed by atoms with Gasteiger partial charge in [-0.1, -0.05) is 5.21 Å². The molecular weight excluding hydrogens is 212 g/mol. The van der Waals surface area contributed by atoms with Crippen LogP contribution < -0.4 is 0 Å². The van der Waals surface area contributed by atoms with Crippen LogP contribution in [-0.4, -0.2) is 25.1 Å². The number of aliphatic hydroxyl groups is 1. The Bertz CT molecular complexity index is 448. The van der Waals surface area contributed by atoms with Gasteiger partial charge >= 0.3 is 0 Å². The molecule has 0 saturated heterocycles. The van der Waals surface area contributed by atoms with Gasteiger partial charge in [-0.15, -0.1) is 16.4 Å². The molecule has 0 bridgehead atoms. The molecule has 0 aromatic carbocycles. The molecule has 2 heterocycles. The van der Waals surface area contributed by atoms with Crippen LogP contribution in [0.3, 0.4) is 0 Å². The molecule has 0 saturated carbocycles. The van der Waals surface area contributed by atoms with E-state index in [4.69, 9.17) is 0 Å². The predicted octanol–water partition coefficient (Wildman–Crippen LogP) is 1.14. The molecule has 1 atom stereocenters. The van der Waals surface area contributed by atoms with E-state index < -0.39 is 6.10 Å². The smallest absolute Gasteiger partial charge is 0.111 e. The Morgan fingerprint density at radius 3 is 2.93 bits per heavy atom. The molecule has 0 spiro atoms. The van der Waals surface area contributed by atoms with Crippen molar-refractivity contribution < 1.29 is 5.11 Å². The molecule has 1 unspecified atom stereocenters. The summed E-state index contributed by atoms with van der Waals surface area (Å²) in [6, 6.07) is 0. The maximum absolute atomic E-state index is 9.28. The minimum atomic E-state index is -0.573. The van der Waals surface area contributed by atoms with Crippen LogP contribution >= 0.6 is 11.3 Å². The average Bonchev–Trinajstić information content (AvgIpc) is 2.76. The number of nitrogens with zero attached hydrogens (tertiary/aromatic N) is 4. The third-order valence-corrected chi connectivity index (χ3v) is 2.80. The van der Waals surface area contributed by atoms with Gasteiger partial charge < -0.3 is 5.11 Å². The summed E-state index contributed by atoms with van der Waals surface area (Å²) in [4.78, 5) is 4.33. The predicted molar refractivity (Wildman–Crippen MR) is 56.6 cm³/mol. The first-order valence-electron chi connectivity index (χ1n) is 4.64. The van der Waals surface area contributed by atoms with Crippen LogP contribution in [0.25, 0.3) is 0 Å². The second-order valence-corrected chi connectivity index (χ2v) is 4.44. The van der Waals surface area contributed by atoms with Crippen molar-refractivity contribution in [3.8, 4) is 0 Å². The number of aliphatic hydroxyl groups excluding tert-OH is 1. The fraction of sp³-hybridized carbons (Fsp3) is 0.444. The average molecular weight is 224 g/mol. The van der Waals surface area contributed by atoms with Crippen LogP contribution in [0.1, 0.15) is 29.4 Å². The highest BCUT2D eigenvalue weighted by Crippen LogP contribution is 2.11. The molecule has 6 heteroatoms. The van der Waals surface area contributed by atoms with Gasteiger partial charge in [0.25, 0.3) is 0 Å². The van der Waals surface area contributed by atoms with E-state index in [1.807, 2.05) is 12.3 Å². The van der Waals surface area contributed by atoms with Crippen LogP contribution in [0.5, 0.6) is 0 Å². The van der Waals surface area contributed by atoms with E-state index in [0.717, 1.165) is 10.7 Å². The molecule has 5 nitrogen and oxygen atoms in total. The van der Waals surface area contributed by atoms with E-state index in [1.54, 1.807) is 29.1 Å². The Kier molecular flexibility index (Phi) is 2.79. The van der Waals surface area contributed by atoms with Crippen LogP contribution in [0.2, 0.25) is 0 Å². The first-order chi connectivity index (χ1) is 7.15. The van der Waals surface area contributed by atoms with Gasteiger partial charge in [0.1, 0.15) is 5.69 Å². The van der Waals surface area contributed by atoms with E-state index in [-0.39, 0.29) is 0 Å². The van der Waals surface area contributed by atoms with Gasteiger partial charge in [-0.05, 0) is 13.8 Å². The minimum absolute atomic E-state index is 0.573. The van der Waals surface area contributed by atoms with Gasteiger partial charge in [-0.2, -0.15) is 0 Å². The Hall–Kier alpha value is -1.27. The lowest BCUT2D eigenvalue weighted by Gasteiger charge is -1.96. The highest BCUT2D eigenvalue weighted by molar-refractivity contribution is 7.09. The van der Waals surface area contributed by atoms with Crippen molar-refractivity contribution in [3.63, 3.8) is 0 Å². The Balaban J connectivity index is 2.11. The lowest BCUT2D eigenvalue weighted by Crippen LogP contribution is -2.00. The molecule has 2 aromatic heterocycles. The molecular formula is C9H12N4OS. The van der Waals surface area contributed by atoms with Gasteiger partial charge in [-0.25, -0.2) is 9.67 Å². The second kappa shape index (κ2) is 4.08. The number of thiazole rings is 1. The lowest BCUT2D eigenvalue weighted by molar-refractivity contribution is 0.194. The van der Waals surface area contributed by atoms with Crippen molar-refractivity contribution in [2.24, 2.45) is 0 Å². The molecule has 0 radical (unpaired) electrons. The quantitative estimate of drug-likeness (QED) is 0.849. The summed E-state index contributed by atoms with van der Waals surface area (Å²) >= 11 is 1.61. The summed E-state index contributed by atoms with van der Waals surface area (Å²) in [6.07, 6.45) is 1.16. The van der Waals surface area contributed by atoms with Crippen molar-refractivity contribution in [2.45, 2.75) is 26.5 Å². The molecule has 0 amide bonds. The Morgan fingerprint density at radius 2 is 2.40 bits per heavy atom. The van der Waals surface area contributed by atoms with Crippen LogP contribution in [0.4, 0.5) is 0 Å². The Morgan fingerprint density at radius 1 is 1.60 bits per heavy atom. The standard InChI is InChI=1S/C9H12N4OS/c1-6(14)9-4-13(12-11-9)3-8-5-15-7(2)10-8/h4-6,14H,3H2,1-2H3. The van der Waals surface area contributed by atoms with E-state index in [2.05, 4.69) is 15.3 Å². The summed E-state index contributed by atoms with van der Waals surface area (Å²) in [5.74, 6) is 0. The highest BCUT2D eigenvalue weighted by atomic mass is 32.1. The van der Waals surface area contributed by atoms with Crippen molar-refractivity contribution >= 4 is 11.3 Å². The SMILES string of the molecule is Cc1nc(Cn2cc(C(C)O)nn2)cs1. The van der Waals surface area contributed by atoms with E-state index >= 15 is 0 Å². The van der Waals surface area contributed by atoms with Gasteiger partial charge in [0.15, 0.2) is 0 Å². The molecule has 0 aliphatic rings. The zero-order valence-corrected chi connectivity index (χ0v) is 9.40. The van der Waals surface area contributed by atoms with E-state index in [1.165, 1.54) is 0 Å². The van der Waals surface area contributed by atoms with Gasteiger partial charge in [0.2, 0.25) is 0 Å². The topological polar surface area (TPSA) is 63.8 Å². The molecule has 0 aliphatic heterocycles. The fourth-order valence-corrected chi connectivity index (χ4v) is 1.83. The third-order valence-electron chi connectivity index (χ3n) is 1.97. The summed E-state index contributed by atoms with van der Waals surface area (Å²) in [5, 5.41) is 20.1. The van der Waals surface area contributed by atoms with E-state index in [9.17, 15) is 5.11 Å². The fourth-order valence-electron chi connectivity index (χ4n) is 1.23. The summed E-state index contributed by atoms with van der Waals surface area (Å²) in [6.45, 7) is 4.24. The molecule has 80 valence electrons. The van der Waals surface area contributed by atoms with Crippen molar-refractivity contribution in [1.82, 2.24) is 20.0 Å². The molecule has 0 fully saturated rings. The number of rotatable bonds is 3. The number of aryl methyl sites for hydroxylation is 1. The maximum atomic E-state index is 9.28. The molecule has 0 aliphatic carbocycles. The Labute approximate surface area is 91.4 Å². The third kappa shape index (κ3) is 2.40. The zero-order chi connectivity index (χ0) is 10.8. The first-order valence-corrected chi connectivity index (χ1v) is 5.52. The van der Waals surface area contributed by atoms with Crippen LogP contribution in [-0.2, 0) is 6.54 Å². The summed E-state index contributed by atoms with van der Waals surface area (Å²) < 4.78 is 1.68. The number of hydrogen-bond acceptors (Lipinski definition) is 5. The first kappa shape index (κ1) is 10.3. The van der Waals surface area contributed by atoms with Gasteiger partial charge in [0.05, 0.1) is 29.5 Å². The summed E-state index contributed by atoms with van der Waals surface area (Å²) in [5.41, 5.74) is 1.56. The van der Waals surface area contributed by atoms with E-state index in [0.29, 0.717) is 12.2 Å². The van der Waals surface area contributed by atoms with Crippen LogP contribution in [0.15, 0.2) is 11.6 Å². The molecule has 2 aromatic rings. The van der Waals surface area contributed by atoms with Gasteiger partial charge in [-0.3, -0.25) is 0 Å². The molecule has 2 rings (SSSR count). The van der Waals surface area contributed by atoms with Crippen LogP contribution in [0, 0.1) is 6.92 Å². The highest BCUT2D eigenvalue weighted by Gasteiger charge is 2.07. The van der Waals surface area contributed by atoms with Crippen molar-refractivity contribution in [3.05, 3.63) is 28.0 Å². The molecule has 15 heavy (non-hydrogen) atoms. The summed E-state index contributed by atoms with van der Waals surface area (Å²) in [7, 11) is 0. The van der Waals surface area contributed by atoms with Gasteiger partial charge in [0, 0.05) is 5.38 Å².